The second-order valence-electron chi connectivity index (χ2n) is 5.16. The van der Waals surface area contributed by atoms with Crippen LogP contribution >= 0.6 is 24.0 Å². The fourth-order valence-corrected chi connectivity index (χ4v) is 2.08. The molecule has 0 saturated carbocycles. The summed E-state index contributed by atoms with van der Waals surface area (Å²) < 4.78 is 1.95. The topological polar surface area (TPSA) is 54.2 Å². The number of halogens is 1. The predicted octanol–water partition coefficient (Wildman–Crippen LogP) is 3.03. The van der Waals surface area contributed by atoms with Crippen molar-refractivity contribution in [1.29, 1.82) is 0 Å². The summed E-state index contributed by atoms with van der Waals surface area (Å²) >= 11 is 0. The van der Waals surface area contributed by atoms with E-state index in [1.165, 1.54) is 25.7 Å². The minimum absolute atomic E-state index is 0. The molecule has 1 aromatic heterocycles. The first-order valence-corrected chi connectivity index (χ1v) is 7.71. The van der Waals surface area contributed by atoms with Gasteiger partial charge in [0.15, 0.2) is 5.96 Å². The van der Waals surface area contributed by atoms with Gasteiger partial charge in [0.05, 0.1) is 0 Å². The normalized spacial score (nSPS) is 12.6. The number of hydrogen-bond acceptors (Lipinski definition) is 2. The van der Waals surface area contributed by atoms with Crippen LogP contribution in [0.25, 0.3) is 0 Å². The van der Waals surface area contributed by atoms with Gasteiger partial charge >= 0.3 is 0 Å². The molecule has 1 unspecified atom stereocenters. The molecule has 0 aliphatic heterocycles. The number of hydrogen-bond donors (Lipinski definition) is 2. The van der Waals surface area contributed by atoms with Crippen molar-refractivity contribution in [3.8, 4) is 0 Å². The second kappa shape index (κ2) is 12.9. The Morgan fingerprint density at radius 2 is 2.14 bits per heavy atom. The standard InChI is InChI=1S/C15H29N5.HI/c1-4-5-6-9-14(2)19-15(16-3)17-10-7-12-20-13-8-11-18-20;/h8,11,13-14H,4-7,9-10,12H2,1-3H3,(H2,16,17,19);1H. The van der Waals surface area contributed by atoms with Gasteiger partial charge in [-0.1, -0.05) is 26.2 Å². The Balaban J connectivity index is 0.00000400. The average Bonchev–Trinajstić information content (AvgIpc) is 2.95. The van der Waals surface area contributed by atoms with Crippen molar-refractivity contribution in [2.75, 3.05) is 13.6 Å². The van der Waals surface area contributed by atoms with E-state index in [0.29, 0.717) is 6.04 Å². The first kappa shape index (κ1) is 20.2. The molecule has 0 radical (unpaired) electrons. The first-order chi connectivity index (χ1) is 9.76. The van der Waals surface area contributed by atoms with Crippen LogP contribution in [0.3, 0.4) is 0 Å². The van der Waals surface area contributed by atoms with Crippen LogP contribution in [0, 0.1) is 0 Å². The van der Waals surface area contributed by atoms with E-state index < -0.39 is 0 Å². The van der Waals surface area contributed by atoms with Crippen LogP contribution in [0.15, 0.2) is 23.5 Å². The number of guanidine groups is 1. The number of nitrogens with one attached hydrogen (secondary N) is 2. The van der Waals surface area contributed by atoms with Gasteiger partial charge in [-0.05, 0) is 25.8 Å². The highest BCUT2D eigenvalue weighted by molar-refractivity contribution is 14.0. The fraction of sp³-hybridized carbons (Fsp3) is 0.733. The summed E-state index contributed by atoms with van der Waals surface area (Å²) in [5, 5.41) is 11.0. The molecule has 1 atom stereocenters. The van der Waals surface area contributed by atoms with E-state index >= 15 is 0 Å². The molecule has 1 rings (SSSR count). The Labute approximate surface area is 146 Å². The Morgan fingerprint density at radius 1 is 1.33 bits per heavy atom. The van der Waals surface area contributed by atoms with Crippen molar-refractivity contribution in [2.24, 2.45) is 4.99 Å². The highest BCUT2D eigenvalue weighted by atomic mass is 127. The van der Waals surface area contributed by atoms with Crippen molar-refractivity contribution in [3.63, 3.8) is 0 Å². The second-order valence-corrected chi connectivity index (χ2v) is 5.16. The van der Waals surface area contributed by atoms with Crippen molar-refractivity contribution >= 4 is 29.9 Å². The Hall–Kier alpha value is -0.790. The van der Waals surface area contributed by atoms with Crippen molar-refractivity contribution in [3.05, 3.63) is 18.5 Å². The van der Waals surface area contributed by atoms with E-state index in [1.54, 1.807) is 0 Å². The number of aryl methyl sites for hydroxylation is 1. The number of aliphatic imine (C=N–C) groups is 1. The maximum Gasteiger partial charge on any atom is 0.191 e. The van der Waals surface area contributed by atoms with Crippen LogP contribution in [0.2, 0.25) is 0 Å². The fourth-order valence-electron chi connectivity index (χ4n) is 2.08. The molecule has 0 spiro atoms. The van der Waals surface area contributed by atoms with Crippen molar-refractivity contribution < 1.29 is 0 Å². The van der Waals surface area contributed by atoms with Gasteiger partial charge in [0.2, 0.25) is 0 Å². The van der Waals surface area contributed by atoms with Crippen LogP contribution in [-0.4, -0.2) is 35.4 Å². The summed E-state index contributed by atoms with van der Waals surface area (Å²) in [7, 11) is 1.82. The zero-order valence-corrected chi connectivity index (χ0v) is 15.8. The highest BCUT2D eigenvalue weighted by Gasteiger charge is 2.04. The van der Waals surface area contributed by atoms with E-state index in [4.69, 9.17) is 0 Å². The molecule has 0 fully saturated rings. The van der Waals surface area contributed by atoms with Gasteiger partial charge in [0.25, 0.3) is 0 Å². The molecule has 0 aliphatic carbocycles. The molecule has 21 heavy (non-hydrogen) atoms. The number of unbranched alkanes of at least 4 members (excludes halogenated alkanes) is 2. The van der Waals surface area contributed by atoms with Crippen LogP contribution in [0.5, 0.6) is 0 Å². The zero-order chi connectivity index (χ0) is 14.6. The third kappa shape index (κ3) is 9.71. The summed E-state index contributed by atoms with van der Waals surface area (Å²) in [5.74, 6) is 0.898. The minimum Gasteiger partial charge on any atom is -0.356 e. The Bertz CT molecular complexity index is 364. The molecule has 6 heteroatoms. The van der Waals surface area contributed by atoms with Crippen molar-refractivity contribution in [2.45, 2.75) is 58.5 Å². The van der Waals surface area contributed by atoms with Crippen LogP contribution in [0.1, 0.15) is 46.0 Å². The lowest BCUT2D eigenvalue weighted by Gasteiger charge is -2.17. The van der Waals surface area contributed by atoms with Gasteiger partial charge < -0.3 is 10.6 Å². The minimum atomic E-state index is 0. The molecule has 5 nitrogen and oxygen atoms in total. The largest absolute Gasteiger partial charge is 0.356 e. The molecule has 0 aliphatic rings. The Kier molecular flexibility index (Phi) is 12.4. The quantitative estimate of drug-likeness (QED) is 0.286. The van der Waals surface area contributed by atoms with E-state index in [9.17, 15) is 0 Å². The molecule has 0 saturated heterocycles. The number of aromatic nitrogens is 2. The molecule has 0 aromatic carbocycles. The predicted molar refractivity (Wildman–Crippen MR) is 100 cm³/mol. The maximum absolute atomic E-state index is 4.26. The van der Waals surface area contributed by atoms with E-state index in [-0.39, 0.29) is 24.0 Å². The summed E-state index contributed by atoms with van der Waals surface area (Å²) in [6.07, 6.45) is 9.89. The molecular weight excluding hydrogens is 377 g/mol. The molecule has 1 heterocycles. The van der Waals surface area contributed by atoms with Crippen LogP contribution < -0.4 is 10.6 Å². The molecule has 122 valence electrons. The average molecular weight is 407 g/mol. The summed E-state index contributed by atoms with van der Waals surface area (Å²) in [6.45, 7) is 6.29. The SMILES string of the molecule is CCCCCC(C)NC(=NC)NCCCn1cccn1.I. The Morgan fingerprint density at radius 3 is 2.76 bits per heavy atom. The van der Waals surface area contributed by atoms with Crippen LogP contribution in [-0.2, 0) is 6.54 Å². The smallest absolute Gasteiger partial charge is 0.191 e. The van der Waals surface area contributed by atoms with Gasteiger partial charge in [-0.25, -0.2) is 0 Å². The molecular formula is C15H30IN5. The summed E-state index contributed by atoms with van der Waals surface area (Å²) in [6, 6.07) is 2.42. The number of nitrogens with zero attached hydrogens (tertiary/aromatic N) is 3. The van der Waals surface area contributed by atoms with Gasteiger partial charge in [0, 0.05) is 38.6 Å². The van der Waals surface area contributed by atoms with Crippen LogP contribution in [0.4, 0.5) is 0 Å². The van der Waals surface area contributed by atoms with Gasteiger partial charge in [-0.3, -0.25) is 9.67 Å². The maximum atomic E-state index is 4.26. The summed E-state index contributed by atoms with van der Waals surface area (Å²) in [4.78, 5) is 4.26. The lowest BCUT2D eigenvalue weighted by molar-refractivity contribution is 0.538. The molecule has 0 bridgehead atoms. The number of rotatable bonds is 9. The zero-order valence-electron chi connectivity index (χ0n) is 13.5. The van der Waals surface area contributed by atoms with E-state index in [1.807, 2.05) is 30.2 Å². The summed E-state index contributed by atoms with van der Waals surface area (Å²) in [5.41, 5.74) is 0. The lowest BCUT2D eigenvalue weighted by atomic mass is 10.1. The molecule has 1 aromatic rings. The van der Waals surface area contributed by atoms with Crippen molar-refractivity contribution in [1.82, 2.24) is 20.4 Å². The van der Waals surface area contributed by atoms with E-state index in [0.717, 1.165) is 25.5 Å². The third-order valence-corrected chi connectivity index (χ3v) is 3.26. The molecule has 0 amide bonds. The monoisotopic (exact) mass is 407 g/mol. The van der Waals surface area contributed by atoms with Gasteiger partial charge in [0.1, 0.15) is 0 Å². The van der Waals surface area contributed by atoms with Gasteiger partial charge in [-0.15, -0.1) is 24.0 Å². The third-order valence-electron chi connectivity index (χ3n) is 3.26. The molecule has 2 N–H and O–H groups in total. The van der Waals surface area contributed by atoms with E-state index in [2.05, 4.69) is 34.6 Å². The first-order valence-electron chi connectivity index (χ1n) is 7.71. The highest BCUT2D eigenvalue weighted by Crippen LogP contribution is 2.02. The van der Waals surface area contributed by atoms with Gasteiger partial charge in [-0.2, -0.15) is 5.10 Å². The lowest BCUT2D eigenvalue weighted by Crippen LogP contribution is -2.42.